The molecule has 8 heteroatoms. The van der Waals surface area contributed by atoms with Gasteiger partial charge < -0.3 is 9.47 Å². The Kier molecular flexibility index (Phi) is 6.67. The Labute approximate surface area is 235 Å². The molecule has 0 N–H and O–H groups in total. The van der Waals surface area contributed by atoms with Gasteiger partial charge in [0.2, 0.25) is 0 Å². The number of rotatable bonds is 6. The van der Waals surface area contributed by atoms with Crippen molar-refractivity contribution in [2.45, 2.75) is 52.0 Å². The number of hydrogen-bond donors (Lipinski definition) is 0. The Morgan fingerprint density at radius 3 is 2.39 bits per heavy atom. The van der Waals surface area contributed by atoms with Crippen LogP contribution in [0.25, 0.3) is 6.08 Å². The Bertz CT molecular complexity index is 1330. The van der Waals surface area contributed by atoms with Crippen molar-refractivity contribution in [1.29, 1.82) is 0 Å². The van der Waals surface area contributed by atoms with Crippen LogP contribution in [0, 0.1) is 30.1 Å². The first-order valence-electron chi connectivity index (χ1n) is 13.1. The van der Waals surface area contributed by atoms with Gasteiger partial charge in [-0.15, -0.1) is 0 Å². The highest BCUT2D eigenvalue weighted by molar-refractivity contribution is 9.10. The number of esters is 1. The second-order valence-electron chi connectivity index (χ2n) is 11.3. The predicted octanol–water partition coefficient (Wildman–Crippen LogP) is 7.12. The monoisotopic (exact) mass is 595 g/mol. The SMILES string of the molecule is COc1cc(/C=C2\SC(=O)N(Cc3ccccc3C)C2=O)cc(Br)c1OC(=O)C12CC3CC(CC(C3)C1)C2. The normalized spacial score (nSPS) is 28.9. The molecule has 7 rings (SSSR count). The summed E-state index contributed by atoms with van der Waals surface area (Å²) < 4.78 is 12.2. The molecule has 0 unspecified atom stereocenters. The summed E-state index contributed by atoms with van der Waals surface area (Å²) in [4.78, 5) is 40.9. The molecule has 5 aliphatic rings. The van der Waals surface area contributed by atoms with Crippen LogP contribution in [0.3, 0.4) is 0 Å². The molecule has 0 spiro atoms. The third-order valence-corrected chi connectivity index (χ3v) is 10.2. The fraction of sp³-hybridized carbons (Fsp3) is 0.433. The maximum Gasteiger partial charge on any atom is 0.317 e. The maximum absolute atomic E-state index is 13.5. The number of methoxy groups -OCH3 is 1. The van der Waals surface area contributed by atoms with Crippen molar-refractivity contribution in [3.63, 3.8) is 0 Å². The first-order valence-corrected chi connectivity index (χ1v) is 14.8. The van der Waals surface area contributed by atoms with Gasteiger partial charge in [-0.2, -0.15) is 0 Å². The van der Waals surface area contributed by atoms with Gasteiger partial charge in [-0.25, -0.2) is 0 Å². The second-order valence-corrected chi connectivity index (χ2v) is 13.2. The molecule has 4 saturated carbocycles. The zero-order valence-electron chi connectivity index (χ0n) is 21.5. The van der Waals surface area contributed by atoms with E-state index in [2.05, 4.69) is 15.9 Å². The number of amides is 2. The molecule has 0 atom stereocenters. The minimum atomic E-state index is -0.381. The molecule has 2 amide bonds. The van der Waals surface area contributed by atoms with E-state index in [0.717, 1.165) is 42.2 Å². The Balaban J connectivity index is 1.22. The molecule has 4 bridgehead atoms. The van der Waals surface area contributed by atoms with Crippen molar-refractivity contribution in [3.05, 3.63) is 62.5 Å². The van der Waals surface area contributed by atoms with Gasteiger partial charge in [-0.05, 0) is 126 Å². The predicted molar refractivity (Wildman–Crippen MR) is 150 cm³/mol. The molecule has 1 aliphatic heterocycles. The lowest BCUT2D eigenvalue weighted by Gasteiger charge is -2.55. The number of imide groups is 1. The molecule has 1 saturated heterocycles. The summed E-state index contributed by atoms with van der Waals surface area (Å²) >= 11 is 4.49. The minimum absolute atomic E-state index is 0.152. The van der Waals surface area contributed by atoms with Crippen LogP contribution < -0.4 is 9.47 Å². The number of carbonyl (C=O) groups is 3. The van der Waals surface area contributed by atoms with E-state index in [1.54, 1.807) is 18.2 Å². The average molecular weight is 597 g/mol. The smallest absolute Gasteiger partial charge is 0.317 e. The van der Waals surface area contributed by atoms with Crippen molar-refractivity contribution >= 4 is 50.9 Å². The second kappa shape index (κ2) is 9.87. The van der Waals surface area contributed by atoms with Crippen LogP contribution in [0.5, 0.6) is 11.5 Å². The van der Waals surface area contributed by atoms with E-state index < -0.39 is 0 Å². The summed E-state index contributed by atoms with van der Waals surface area (Å²) in [6, 6.07) is 11.3. The topological polar surface area (TPSA) is 72.9 Å². The molecular weight excluding hydrogens is 566 g/mol. The zero-order valence-corrected chi connectivity index (χ0v) is 23.9. The van der Waals surface area contributed by atoms with Gasteiger partial charge in [0.25, 0.3) is 11.1 Å². The number of aryl methyl sites for hydroxylation is 1. The van der Waals surface area contributed by atoms with E-state index in [-0.39, 0.29) is 29.1 Å². The van der Waals surface area contributed by atoms with Crippen LogP contribution >= 0.6 is 27.7 Å². The van der Waals surface area contributed by atoms with Crippen molar-refractivity contribution in [2.24, 2.45) is 23.2 Å². The van der Waals surface area contributed by atoms with E-state index >= 15 is 0 Å². The Morgan fingerprint density at radius 1 is 1.11 bits per heavy atom. The summed E-state index contributed by atoms with van der Waals surface area (Å²) in [5.74, 6) is 2.21. The van der Waals surface area contributed by atoms with Gasteiger partial charge in [0.1, 0.15) is 0 Å². The standard InChI is InChI=1S/C30H30BrNO5S/c1-17-5-3-4-6-22(17)16-32-27(33)25(38-29(32)35)12-18-10-23(31)26(24(11-18)36-2)37-28(34)30-13-19-7-20(14-30)9-21(8-19)15-30/h3-6,10-12,19-21H,7-9,13-16H2,1-2H3/b25-12-. The summed E-state index contributed by atoms with van der Waals surface area (Å²) in [6.45, 7) is 2.20. The molecule has 0 radical (unpaired) electrons. The van der Waals surface area contributed by atoms with Crippen LogP contribution in [0.4, 0.5) is 4.79 Å². The quantitative estimate of drug-likeness (QED) is 0.201. The van der Waals surface area contributed by atoms with E-state index in [9.17, 15) is 14.4 Å². The van der Waals surface area contributed by atoms with Crippen molar-refractivity contribution in [1.82, 2.24) is 4.90 Å². The lowest BCUT2D eigenvalue weighted by atomic mass is 9.49. The van der Waals surface area contributed by atoms with E-state index in [1.165, 1.54) is 31.3 Å². The highest BCUT2D eigenvalue weighted by atomic mass is 79.9. The van der Waals surface area contributed by atoms with E-state index in [1.807, 2.05) is 31.2 Å². The number of carbonyl (C=O) groups excluding carboxylic acids is 3. The molecule has 4 aliphatic carbocycles. The molecule has 0 aromatic heterocycles. The Morgan fingerprint density at radius 2 is 1.76 bits per heavy atom. The summed E-state index contributed by atoms with van der Waals surface area (Å²) in [5, 5.41) is -0.295. The number of benzene rings is 2. The van der Waals surface area contributed by atoms with E-state index in [0.29, 0.717) is 44.2 Å². The van der Waals surface area contributed by atoms with Gasteiger partial charge in [0, 0.05) is 0 Å². The number of hydrogen-bond acceptors (Lipinski definition) is 6. The van der Waals surface area contributed by atoms with Gasteiger partial charge in [0.15, 0.2) is 11.5 Å². The van der Waals surface area contributed by atoms with Crippen molar-refractivity contribution in [2.75, 3.05) is 7.11 Å². The lowest BCUT2D eigenvalue weighted by molar-refractivity contribution is -0.161. The van der Waals surface area contributed by atoms with Crippen molar-refractivity contribution in [3.8, 4) is 11.5 Å². The number of nitrogens with zero attached hydrogens (tertiary/aromatic N) is 1. The van der Waals surface area contributed by atoms with Crippen LogP contribution in [-0.4, -0.2) is 29.1 Å². The summed E-state index contributed by atoms with van der Waals surface area (Å²) in [6.07, 6.45) is 8.22. The van der Waals surface area contributed by atoms with E-state index in [4.69, 9.17) is 9.47 Å². The largest absolute Gasteiger partial charge is 0.493 e. The molecule has 6 nitrogen and oxygen atoms in total. The fourth-order valence-corrected chi connectivity index (χ4v) is 8.61. The number of halogens is 1. The fourth-order valence-electron chi connectivity index (χ4n) is 7.23. The molecule has 1 heterocycles. The molecule has 2 aromatic rings. The van der Waals surface area contributed by atoms with Crippen molar-refractivity contribution < 1.29 is 23.9 Å². The van der Waals surface area contributed by atoms with Gasteiger partial charge >= 0.3 is 5.97 Å². The average Bonchev–Trinajstić information content (AvgIpc) is 3.13. The summed E-state index contributed by atoms with van der Waals surface area (Å²) in [5.41, 5.74) is 2.26. The van der Waals surface area contributed by atoms with Gasteiger partial charge in [0.05, 0.1) is 28.4 Å². The lowest BCUT2D eigenvalue weighted by Crippen LogP contribution is -2.51. The van der Waals surface area contributed by atoms with Crippen LogP contribution in [0.1, 0.15) is 55.2 Å². The highest BCUT2D eigenvalue weighted by Crippen LogP contribution is 2.60. The minimum Gasteiger partial charge on any atom is -0.493 e. The molecular formula is C30H30BrNO5S. The zero-order chi connectivity index (χ0) is 26.6. The van der Waals surface area contributed by atoms with Gasteiger partial charge in [-0.1, -0.05) is 24.3 Å². The number of thioether (sulfide) groups is 1. The van der Waals surface area contributed by atoms with Crippen LogP contribution in [0.15, 0.2) is 45.8 Å². The van der Waals surface area contributed by atoms with Crippen LogP contribution in [-0.2, 0) is 16.1 Å². The first kappa shape index (κ1) is 25.7. The number of ether oxygens (including phenoxy) is 2. The third-order valence-electron chi connectivity index (χ3n) is 8.68. The van der Waals surface area contributed by atoms with Crippen LogP contribution in [0.2, 0.25) is 0 Å². The maximum atomic E-state index is 13.5. The molecule has 38 heavy (non-hydrogen) atoms. The molecule has 5 fully saturated rings. The Hall–Kier alpha value is -2.58. The van der Waals surface area contributed by atoms with Gasteiger partial charge in [-0.3, -0.25) is 19.3 Å². The molecule has 2 aromatic carbocycles. The molecule has 198 valence electrons. The highest BCUT2D eigenvalue weighted by Gasteiger charge is 2.55. The third kappa shape index (κ3) is 4.60. The summed E-state index contributed by atoms with van der Waals surface area (Å²) in [7, 11) is 1.53. The first-order chi connectivity index (χ1) is 18.2.